The second-order valence-electron chi connectivity index (χ2n) is 6.75. The predicted molar refractivity (Wildman–Crippen MR) is 97.5 cm³/mol. The van der Waals surface area contributed by atoms with Crippen LogP contribution in [-0.4, -0.2) is 31.4 Å². The Morgan fingerprint density at radius 2 is 1.72 bits per heavy atom. The molecule has 25 heavy (non-hydrogen) atoms. The zero-order valence-electron chi connectivity index (χ0n) is 15.2. The Morgan fingerprint density at radius 1 is 1.12 bits per heavy atom. The zero-order chi connectivity index (χ0) is 18.2. The molecule has 2 heterocycles. The number of aryl methyl sites for hydroxylation is 2. The van der Waals surface area contributed by atoms with E-state index in [1.807, 2.05) is 38.4 Å². The normalized spacial score (nSPS) is 16.2. The van der Waals surface area contributed by atoms with Gasteiger partial charge in [-0.3, -0.25) is 9.40 Å². The van der Waals surface area contributed by atoms with Gasteiger partial charge in [-0.1, -0.05) is 6.07 Å². The van der Waals surface area contributed by atoms with Crippen molar-refractivity contribution < 1.29 is 13.2 Å². The number of aromatic nitrogens is 2. The number of hydrogen-bond acceptors (Lipinski definition) is 4. The molecule has 1 aromatic heterocycles. The molecular formula is C18H25N3O3S. The van der Waals surface area contributed by atoms with Gasteiger partial charge in [0.2, 0.25) is 0 Å². The van der Waals surface area contributed by atoms with Crippen LogP contribution >= 0.6 is 0 Å². The summed E-state index contributed by atoms with van der Waals surface area (Å²) in [6, 6.07) is 2.28. The fraction of sp³-hybridized carbons (Fsp3) is 0.500. The molecule has 0 bridgehead atoms. The molecule has 0 atom stereocenters. The van der Waals surface area contributed by atoms with Crippen molar-refractivity contribution in [2.24, 2.45) is 0 Å². The number of nitrogens with one attached hydrogen (secondary N) is 1. The molecule has 3 rings (SSSR count). The maximum absolute atomic E-state index is 13.0. The van der Waals surface area contributed by atoms with Gasteiger partial charge < -0.3 is 4.74 Å². The third-order valence-corrected chi connectivity index (χ3v) is 6.64. The molecule has 1 fully saturated rings. The van der Waals surface area contributed by atoms with E-state index in [-0.39, 0.29) is 6.04 Å². The number of benzene rings is 1. The van der Waals surface area contributed by atoms with Crippen LogP contribution in [0.15, 0.2) is 23.4 Å². The van der Waals surface area contributed by atoms with E-state index < -0.39 is 10.0 Å². The van der Waals surface area contributed by atoms with Gasteiger partial charge in [0, 0.05) is 19.4 Å². The van der Waals surface area contributed by atoms with E-state index in [1.165, 1.54) is 0 Å². The summed E-state index contributed by atoms with van der Waals surface area (Å²) >= 11 is 0. The molecule has 7 heteroatoms. The Morgan fingerprint density at radius 3 is 2.32 bits per heavy atom. The Kier molecular flexibility index (Phi) is 4.88. The molecule has 2 aromatic rings. The van der Waals surface area contributed by atoms with Crippen molar-refractivity contribution in [3.05, 3.63) is 40.7 Å². The number of hydrogen-bond donors (Lipinski definition) is 1. The fourth-order valence-corrected chi connectivity index (χ4v) is 4.98. The molecule has 0 spiro atoms. The molecule has 0 radical (unpaired) electrons. The molecule has 0 unspecified atom stereocenters. The molecule has 1 aliphatic heterocycles. The van der Waals surface area contributed by atoms with E-state index in [0.29, 0.717) is 23.8 Å². The number of nitrogens with zero attached hydrogens (tertiary/aromatic N) is 2. The van der Waals surface area contributed by atoms with Crippen molar-refractivity contribution in [3.63, 3.8) is 0 Å². The molecule has 0 saturated carbocycles. The third-order valence-electron chi connectivity index (χ3n) is 4.98. The summed E-state index contributed by atoms with van der Waals surface area (Å²) in [5, 5.41) is 4.33. The Balaban J connectivity index is 1.89. The average molecular weight is 363 g/mol. The van der Waals surface area contributed by atoms with E-state index in [4.69, 9.17) is 4.74 Å². The predicted octanol–water partition coefficient (Wildman–Crippen LogP) is 3.27. The van der Waals surface area contributed by atoms with Crippen molar-refractivity contribution in [2.75, 3.05) is 17.9 Å². The van der Waals surface area contributed by atoms with E-state index >= 15 is 0 Å². The Hall–Kier alpha value is -1.86. The maximum Gasteiger partial charge on any atom is 0.262 e. The topological polar surface area (TPSA) is 73.2 Å². The highest BCUT2D eigenvalue weighted by Crippen LogP contribution is 2.28. The first-order valence-electron chi connectivity index (χ1n) is 8.51. The van der Waals surface area contributed by atoms with Gasteiger partial charge in [0.15, 0.2) is 0 Å². The molecule has 1 saturated heterocycles. The maximum atomic E-state index is 13.0. The highest BCUT2D eigenvalue weighted by molar-refractivity contribution is 7.92. The minimum absolute atomic E-state index is 0.261. The Labute approximate surface area is 149 Å². The first kappa shape index (κ1) is 17.9. The largest absolute Gasteiger partial charge is 0.381 e. The Bertz CT molecular complexity index is 855. The van der Waals surface area contributed by atoms with Crippen molar-refractivity contribution in [1.29, 1.82) is 0 Å². The first-order chi connectivity index (χ1) is 11.8. The lowest BCUT2D eigenvalue weighted by atomic mass is 10.0. The van der Waals surface area contributed by atoms with Crippen molar-refractivity contribution in [2.45, 2.75) is 51.5 Å². The monoisotopic (exact) mass is 363 g/mol. The van der Waals surface area contributed by atoms with Gasteiger partial charge in [0.1, 0.15) is 0 Å². The van der Waals surface area contributed by atoms with Crippen LogP contribution in [0.3, 0.4) is 0 Å². The highest BCUT2D eigenvalue weighted by Gasteiger charge is 2.23. The summed E-state index contributed by atoms with van der Waals surface area (Å²) < 4.78 is 35.8. The standard InChI is InChI=1S/C18H25N3O3S/c1-12-9-13(2)15(4)18(14(12)3)25(22,23)20-16-10-19-21(11-16)17-5-7-24-8-6-17/h9-11,17,20H,5-8H2,1-4H3. The van der Waals surface area contributed by atoms with Gasteiger partial charge in [-0.05, 0) is 62.8 Å². The smallest absolute Gasteiger partial charge is 0.262 e. The first-order valence-corrected chi connectivity index (χ1v) is 10.00. The minimum Gasteiger partial charge on any atom is -0.381 e. The molecule has 0 aliphatic carbocycles. The molecule has 6 nitrogen and oxygen atoms in total. The second kappa shape index (κ2) is 6.80. The van der Waals surface area contributed by atoms with Crippen LogP contribution in [0, 0.1) is 27.7 Å². The van der Waals surface area contributed by atoms with Gasteiger partial charge in [-0.25, -0.2) is 8.42 Å². The van der Waals surface area contributed by atoms with Gasteiger partial charge >= 0.3 is 0 Å². The zero-order valence-corrected chi connectivity index (χ0v) is 16.0. The van der Waals surface area contributed by atoms with E-state index in [9.17, 15) is 8.42 Å². The van der Waals surface area contributed by atoms with Gasteiger partial charge in [0.05, 0.1) is 22.8 Å². The highest BCUT2D eigenvalue weighted by atomic mass is 32.2. The lowest BCUT2D eigenvalue weighted by Crippen LogP contribution is -2.20. The summed E-state index contributed by atoms with van der Waals surface area (Å²) in [6.07, 6.45) is 5.12. The van der Waals surface area contributed by atoms with Crippen LogP contribution in [0.5, 0.6) is 0 Å². The number of anilines is 1. The lowest BCUT2D eigenvalue weighted by Gasteiger charge is -2.22. The van der Waals surface area contributed by atoms with Gasteiger partial charge in [-0.2, -0.15) is 5.10 Å². The second-order valence-corrected chi connectivity index (χ2v) is 8.37. The molecular weight excluding hydrogens is 338 g/mol. The van der Waals surface area contributed by atoms with Crippen molar-refractivity contribution in [3.8, 4) is 0 Å². The summed E-state index contributed by atoms with van der Waals surface area (Å²) in [6.45, 7) is 9.00. The summed E-state index contributed by atoms with van der Waals surface area (Å²) in [5.41, 5.74) is 4.01. The number of rotatable bonds is 4. The average Bonchev–Trinajstić information content (AvgIpc) is 3.01. The van der Waals surface area contributed by atoms with Gasteiger partial charge in [0.25, 0.3) is 10.0 Å². The van der Waals surface area contributed by atoms with Crippen LogP contribution in [0.1, 0.15) is 41.1 Å². The van der Waals surface area contributed by atoms with Crippen LogP contribution < -0.4 is 4.72 Å². The summed E-state index contributed by atoms with van der Waals surface area (Å²) in [7, 11) is -3.67. The molecule has 136 valence electrons. The third kappa shape index (κ3) is 3.57. The summed E-state index contributed by atoms with van der Waals surface area (Å²) in [4.78, 5) is 0.365. The minimum atomic E-state index is -3.67. The van der Waals surface area contributed by atoms with E-state index in [2.05, 4.69) is 9.82 Å². The van der Waals surface area contributed by atoms with Crippen molar-refractivity contribution in [1.82, 2.24) is 9.78 Å². The molecule has 1 N–H and O–H groups in total. The van der Waals surface area contributed by atoms with Crippen LogP contribution in [0.25, 0.3) is 0 Å². The van der Waals surface area contributed by atoms with Crippen LogP contribution in [0.4, 0.5) is 5.69 Å². The van der Waals surface area contributed by atoms with E-state index in [0.717, 1.165) is 35.1 Å². The van der Waals surface area contributed by atoms with E-state index in [1.54, 1.807) is 12.4 Å². The van der Waals surface area contributed by atoms with Crippen LogP contribution in [-0.2, 0) is 14.8 Å². The lowest BCUT2D eigenvalue weighted by molar-refractivity contribution is 0.0662. The molecule has 1 aromatic carbocycles. The van der Waals surface area contributed by atoms with Gasteiger partial charge in [-0.15, -0.1) is 0 Å². The number of ether oxygens (including phenoxy) is 1. The molecule has 1 aliphatic rings. The summed E-state index contributed by atoms with van der Waals surface area (Å²) in [5.74, 6) is 0. The molecule has 0 amide bonds. The number of sulfonamides is 1. The SMILES string of the molecule is Cc1cc(C)c(C)c(S(=O)(=O)Nc2cnn(C3CCOCC3)c2)c1C. The fourth-order valence-electron chi connectivity index (χ4n) is 3.33. The van der Waals surface area contributed by atoms with Crippen LogP contribution in [0.2, 0.25) is 0 Å². The van der Waals surface area contributed by atoms with Crippen molar-refractivity contribution >= 4 is 15.7 Å². The quantitative estimate of drug-likeness (QED) is 0.905.